The van der Waals surface area contributed by atoms with E-state index >= 15 is 0 Å². The standard InChI is InChI=1S/C11H19N5O2/c1-9-6-15(7-11(9,2)18)10(17)4-3-5-16-8-12-13-14-16/h8-9,18H,3-7H2,1-2H3/t9-,11+/m0/s1. The molecule has 1 aliphatic heterocycles. The molecule has 2 atom stereocenters. The molecule has 0 unspecified atom stereocenters. The molecule has 1 saturated heterocycles. The molecular weight excluding hydrogens is 234 g/mol. The van der Waals surface area contributed by atoms with E-state index in [0.29, 0.717) is 32.5 Å². The smallest absolute Gasteiger partial charge is 0.222 e. The summed E-state index contributed by atoms with van der Waals surface area (Å²) in [6, 6.07) is 0. The minimum absolute atomic E-state index is 0.0905. The van der Waals surface area contributed by atoms with Crippen LogP contribution >= 0.6 is 0 Å². The molecule has 7 nitrogen and oxygen atoms in total. The van der Waals surface area contributed by atoms with Crippen molar-refractivity contribution in [1.29, 1.82) is 0 Å². The lowest BCUT2D eigenvalue weighted by atomic mass is 9.95. The fraction of sp³-hybridized carbons (Fsp3) is 0.818. The Labute approximate surface area is 106 Å². The van der Waals surface area contributed by atoms with E-state index in [1.807, 2.05) is 6.92 Å². The number of hydrogen-bond acceptors (Lipinski definition) is 5. The molecule has 1 fully saturated rings. The summed E-state index contributed by atoms with van der Waals surface area (Å²) in [4.78, 5) is 13.7. The number of rotatable bonds is 4. The number of nitrogens with zero attached hydrogens (tertiary/aromatic N) is 5. The molecule has 1 aromatic heterocycles. The summed E-state index contributed by atoms with van der Waals surface area (Å²) in [7, 11) is 0. The predicted octanol–water partition coefficient (Wildman–Crippen LogP) is -0.317. The lowest BCUT2D eigenvalue weighted by Gasteiger charge is -2.20. The second-order valence-electron chi connectivity index (χ2n) is 5.21. The van der Waals surface area contributed by atoms with Gasteiger partial charge in [-0.1, -0.05) is 6.92 Å². The van der Waals surface area contributed by atoms with Crippen molar-refractivity contribution in [2.45, 2.75) is 38.8 Å². The fourth-order valence-corrected chi connectivity index (χ4v) is 2.16. The average molecular weight is 253 g/mol. The van der Waals surface area contributed by atoms with Gasteiger partial charge in [0.25, 0.3) is 0 Å². The van der Waals surface area contributed by atoms with E-state index in [2.05, 4.69) is 15.5 Å². The third kappa shape index (κ3) is 2.84. The maximum atomic E-state index is 12.0. The molecule has 1 amide bonds. The number of hydrogen-bond donors (Lipinski definition) is 1. The Morgan fingerprint density at radius 2 is 2.39 bits per heavy atom. The molecule has 0 radical (unpaired) electrons. The zero-order valence-electron chi connectivity index (χ0n) is 10.8. The number of aliphatic hydroxyl groups is 1. The molecule has 7 heteroatoms. The molecule has 0 aromatic carbocycles. The van der Waals surface area contributed by atoms with Gasteiger partial charge in [0.05, 0.1) is 5.60 Å². The van der Waals surface area contributed by atoms with Gasteiger partial charge in [-0.3, -0.25) is 4.79 Å². The van der Waals surface area contributed by atoms with Gasteiger partial charge in [0.15, 0.2) is 0 Å². The number of β-amino-alcohol motifs (C(OH)–C–C–N with tert-alkyl or cyclic N) is 1. The summed E-state index contributed by atoms with van der Waals surface area (Å²) >= 11 is 0. The number of aryl methyl sites for hydroxylation is 1. The van der Waals surface area contributed by atoms with Gasteiger partial charge in [0.2, 0.25) is 5.91 Å². The molecule has 0 aliphatic carbocycles. The molecule has 1 N–H and O–H groups in total. The first-order valence-corrected chi connectivity index (χ1v) is 6.20. The minimum Gasteiger partial charge on any atom is -0.388 e. The molecular formula is C11H19N5O2. The van der Waals surface area contributed by atoms with E-state index < -0.39 is 5.60 Å². The molecule has 0 bridgehead atoms. The zero-order valence-corrected chi connectivity index (χ0v) is 10.8. The summed E-state index contributed by atoms with van der Waals surface area (Å²) in [6.07, 6.45) is 2.70. The number of tetrazole rings is 1. The van der Waals surface area contributed by atoms with Crippen molar-refractivity contribution in [3.05, 3.63) is 6.33 Å². The highest BCUT2D eigenvalue weighted by Gasteiger charge is 2.40. The SMILES string of the molecule is C[C@H]1CN(C(=O)CCCn2cnnn2)C[C@@]1(C)O. The Bertz CT molecular complexity index is 404. The van der Waals surface area contributed by atoms with Gasteiger partial charge < -0.3 is 10.0 Å². The zero-order chi connectivity index (χ0) is 13.2. The summed E-state index contributed by atoms with van der Waals surface area (Å²) < 4.78 is 1.61. The van der Waals surface area contributed by atoms with Crippen molar-refractivity contribution in [3.8, 4) is 0 Å². The van der Waals surface area contributed by atoms with Crippen molar-refractivity contribution in [1.82, 2.24) is 25.1 Å². The molecule has 2 rings (SSSR count). The molecule has 2 heterocycles. The number of aromatic nitrogens is 4. The third-order valence-electron chi connectivity index (χ3n) is 3.59. The Hall–Kier alpha value is -1.50. The van der Waals surface area contributed by atoms with Crippen LogP contribution in [0.5, 0.6) is 0 Å². The van der Waals surface area contributed by atoms with Gasteiger partial charge in [-0.25, -0.2) is 4.68 Å². The van der Waals surface area contributed by atoms with E-state index in [-0.39, 0.29) is 11.8 Å². The number of likely N-dealkylation sites (tertiary alicyclic amines) is 1. The van der Waals surface area contributed by atoms with Gasteiger partial charge in [-0.05, 0) is 23.8 Å². The Morgan fingerprint density at radius 3 is 2.94 bits per heavy atom. The summed E-state index contributed by atoms with van der Waals surface area (Å²) in [5.74, 6) is 0.216. The van der Waals surface area contributed by atoms with Crippen LogP contribution in [0.3, 0.4) is 0 Å². The Morgan fingerprint density at radius 1 is 1.61 bits per heavy atom. The number of amides is 1. The van der Waals surface area contributed by atoms with E-state index in [1.54, 1.807) is 16.5 Å². The molecule has 0 spiro atoms. The first-order chi connectivity index (χ1) is 8.49. The molecule has 100 valence electrons. The number of carbonyl (C=O) groups is 1. The lowest BCUT2D eigenvalue weighted by molar-refractivity contribution is -0.131. The van der Waals surface area contributed by atoms with Crippen LogP contribution in [0.25, 0.3) is 0 Å². The molecule has 18 heavy (non-hydrogen) atoms. The lowest BCUT2D eigenvalue weighted by Crippen LogP contribution is -2.35. The minimum atomic E-state index is -0.758. The van der Waals surface area contributed by atoms with E-state index in [1.165, 1.54) is 6.33 Å². The van der Waals surface area contributed by atoms with Crippen LogP contribution in [0, 0.1) is 5.92 Å². The fourth-order valence-electron chi connectivity index (χ4n) is 2.16. The van der Waals surface area contributed by atoms with Crippen molar-refractivity contribution in [2.24, 2.45) is 5.92 Å². The summed E-state index contributed by atoms with van der Waals surface area (Å²) in [6.45, 7) is 5.45. The summed E-state index contributed by atoms with van der Waals surface area (Å²) in [5, 5.41) is 20.8. The first-order valence-electron chi connectivity index (χ1n) is 6.20. The van der Waals surface area contributed by atoms with Crippen LogP contribution in [0.2, 0.25) is 0 Å². The van der Waals surface area contributed by atoms with Crippen molar-refractivity contribution in [3.63, 3.8) is 0 Å². The van der Waals surface area contributed by atoms with Gasteiger partial charge >= 0.3 is 0 Å². The van der Waals surface area contributed by atoms with Crippen LogP contribution in [-0.4, -0.2) is 54.8 Å². The maximum absolute atomic E-state index is 12.0. The van der Waals surface area contributed by atoms with Crippen LogP contribution in [0.4, 0.5) is 0 Å². The van der Waals surface area contributed by atoms with Crippen molar-refractivity contribution >= 4 is 5.91 Å². The molecule has 1 aromatic rings. The Balaban J connectivity index is 1.76. The highest BCUT2D eigenvalue weighted by atomic mass is 16.3. The monoisotopic (exact) mass is 253 g/mol. The Kier molecular flexibility index (Phi) is 3.60. The quantitative estimate of drug-likeness (QED) is 0.795. The van der Waals surface area contributed by atoms with Gasteiger partial charge in [0, 0.05) is 32.0 Å². The van der Waals surface area contributed by atoms with Crippen molar-refractivity contribution < 1.29 is 9.90 Å². The second-order valence-corrected chi connectivity index (χ2v) is 5.21. The largest absolute Gasteiger partial charge is 0.388 e. The average Bonchev–Trinajstić information content (AvgIpc) is 2.88. The van der Waals surface area contributed by atoms with Crippen molar-refractivity contribution in [2.75, 3.05) is 13.1 Å². The van der Waals surface area contributed by atoms with Gasteiger partial charge in [-0.15, -0.1) is 5.10 Å². The second kappa shape index (κ2) is 5.01. The van der Waals surface area contributed by atoms with Gasteiger partial charge in [0.1, 0.15) is 6.33 Å². The van der Waals surface area contributed by atoms with Crippen LogP contribution in [-0.2, 0) is 11.3 Å². The van der Waals surface area contributed by atoms with E-state index in [4.69, 9.17) is 0 Å². The highest BCUT2D eigenvalue weighted by molar-refractivity contribution is 5.76. The number of carbonyl (C=O) groups excluding carboxylic acids is 1. The third-order valence-corrected chi connectivity index (χ3v) is 3.59. The van der Waals surface area contributed by atoms with Crippen LogP contribution in [0.1, 0.15) is 26.7 Å². The first kappa shape index (κ1) is 12.9. The van der Waals surface area contributed by atoms with E-state index in [9.17, 15) is 9.90 Å². The molecule has 1 aliphatic rings. The highest BCUT2D eigenvalue weighted by Crippen LogP contribution is 2.27. The molecule has 0 saturated carbocycles. The summed E-state index contributed by atoms with van der Waals surface area (Å²) in [5.41, 5.74) is -0.758. The van der Waals surface area contributed by atoms with E-state index in [0.717, 1.165) is 0 Å². The van der Waals surface area contributed by atoms with Gasteiger partial charge in [-0.2, -0.15) is 0 Å². The van der Waals surface area contributed by atoms with Crippen LogP contribution < -0.4 is 0 Å². The maximum Gasteiger partial charge on any atom is 0.222 e. The normalized spacial score (nSPS) is 27.7. The topological polar surface area (TPSA) is 84.1 Å². The van der Waals surface area contributed by atoms with Crippen LogP contribution in [0.15, 0.2) is 6.33 Å². The predicted molar refractivity (Wildman–Crippen MR) is 63.4 cm³/mol.